The molecule has 0 unspecified atom stereocenters. The van der Waals surface area contributed by atoms with Crippen molar-refractivity contribution in [3.05, 3.63) is 35.4 Å². The van der Waals surface area contributed by atoms with Gasteiger partial charge < -0.3 is 14.6 Å². The van der Waals surface area contributed by atoms with Crippen LogP contribution in [0.2, 0.25) is 0 Å². The summed E-state index contributed by atoms with van der Waals surface area (Å²) in [7, 11) is 0. The van der Waals surface area contributed by atoms with Crippen LogP contribution in [0.1, 0.15) is 54.4 Å². The maximum Gasteiger partial charge on any atom is 0.335 e. The summed E-state index contributed by atoms with van der Waals surface area (Å²) in [5.41, 5.74) is 0.527. The molecule has 0 radical (unpaired) electrons. The van der Waals surface area contributed by atoms with Crippen molar-refractivity contribution in [3.63, 3.8) is 0 Å². The highest BCUT2D eigenvalue weighted by Gasteiger charge is 2.66. The predicted octanol–water partition coefficient (Wildman–Crippen LogP) is 3.21. The van der Waals surface area contributed by atoms with Gasteiger partial charge in [0, 0.05) is 12.0 Å². The van der Waals surface area contributed by atoms with Gasteiger partial charge in [-0.15, -0.1) is 0 Å². The molecule has 0 amide bonds. The van der Waals surface area contributed by atoms with Crippen LogP contribution in [0.3, 0.4) is 0 Å². The molecule has 5 fully saturated rings. The maximum absolute atomic E-state index is 11.1. The van der Waals surface area contributed by atoms with Crippen LogP contribution < -0.4 is 0 Å². The summed E-state index contributed by atoms with van der Waals surface area (Å²) in [4.78, 5) is 23.2. The molecule has 1 N–H and O–H groups in total. The fourth-order valence-corrected chi connectivity index (χ4v) is 5.19. The molecular formula is C19H22O6. The predicted molar refractivity (Wildman–Crippen MR) is 85.5 cm³/mol. The fourth-order valence-electron chi connectivity index (χ4n) is 5.19. The minimum absolute atomic E-state index is 0.240. The highest BCUT2D eigenvalue weighted by molar-refractivity contribution is 5.87. The first-order chi connectivity index (χ1) is 12.1. The maximum atomic E-state index is 11.1. The number of benzene rings is 1. The Hall–Kier alpha value is -1.47. The number of fused-ring (bicyclic) bond motifs is 2. The first-order valence-electron chi connectivity index (χ1n) is 9.14. The van der Waals surface area contributed by atoms with Crippen molar-refractivity contribution < 1.29 is 29.1 Å². The molecule has 1 aromatic carbocycles. The lowest BCUT2D eigenvalue weighted by molar-refractivity contribution is -0.573. The van der Waals surface area contributed by atoms with Gasteiger partial charge in [-0.2, -0.15) is 4.89 Å². The Morgan fingerprint density at radius 1 is 1.04 bits per heavy atom. The third kappa shape index (κ3) is 2.15. The van der Waals surface area contributed by atoms with Crippen molar-refractivity contribution in [2.45, 2.75) is 56.2 Å². The third-order valence-electron chi connectivity index (χ3n) is 6.50. The monoisotopic (exact) mass is 346 g/mol. The minimum atomic E-state index is -1.02. The molecule has 6 rings (SSSR count). The number of carboxylic acid groups (broad SMARTS) is 1. The summed E-state index contributed by atoms with van der Waals surface area (Å²) in [5, 5.41) is 9.11. The van der Waals surface area contributed by atoms with Crippen LogP contribution >= 0.6 is 0 Å². The zero-order valence-corrected chi connectivity index (χ0v) is 14.0. The van der Waals surface area contributed by atoms with Crippen LogP contribution in [-0.2, 0) is 25.0 Å². The number of carboxylic acids is 1. The van der Waals surface area contributed by atoms with E-state index in [0.29, 0.717) is 24.9 Å². The Balaban J connectivity index is 1.53. The van der Waals surface area contributed by atoms with Crippen LogP contribution in [0.4, 0.5) is 0 Å². The van der Waals surface area contributed by atoms with Crippen molar-refractivity contribution in [2.24, 2.45) is 11.8 Å². The van der Waals surface area contributed by atoms with Gasteiger partial charge >= 0.3 is 5.97 Å². The molecule has 1 saturated carbocycles. The molecule has 1 aromatic rings. The summed E-state index contributed by atoms with van der Waals surface area (Å²) in [6, 6.07) is 6.65. The second kappa shape index (κ2) is 5.51. The van der Waals surface area contributed by atoms with Gasteiger partial charge in [0.05, 0.1) is 12.2 Å². The molecule has 6 nitrogen and oxygen atoms in total. The SMILES string of the molecule is O=C(O)c1ccc([C@@]23CC[C@H]4CCC[C@H]5CCO[C@@H](O2)[C@@]45OO3)cc1. The Morgan fingerprint density at radius 2 is 1.80 bits per heavy atom. The molecule has 4 heterocycles. The van der Waals surface area contributed by atoms with E-state index in [0.717, 1.165) is 31.2 Å². The van der Waals surface area contributed by atoms with Crippen molar-refractivity contribution in [1.29, 1.82) is 0 Å². The van der Waals surface area contributed by atoms with Crippen LogP contribution in [0.25, 0.3) is 0 Å². The number of hydrogen-bond acceptors (Lipinski definition) is 5. The normalized spacial score (nSPS) is 42.5. The summed E-state index contributed by atoms with van der Waals surface area (Å²) in [6.45, 7) is 0.682. The van der Waals surface area contributed by atoms with E-state index < -0.39 is 23.6 Å². The van der Waals surface area contributed by atoms with Gasteiger partial charge in [-0.3, -0.25) is 0 Å². The molecule has 1 aliphatic carbocycles. The van der Waals surface area contributed by atoms with E-state index in [1.807, 2.05) is 0 Å². The van der Waals surface area contributed by atoms with Crippen molar-refractivity contribution in [1.82, 2.24) is 0 Å². The van der Waals surface area contributed by atoms with E-state index in [1.54, 1.807) is 24.3 Å². The molecule has 4 saturated heterocycles. The molecule has 5 atom stereocenters. The molecule has 1 spiro atoms. The quantitative estimate of drug-likeness (QED) is 0.829. The highest BCUT2D eigenvalue weighted by atomic mass is 17.3. The van der Waals surface area contributed by atoms with E-state index >= 15 is 0 Å². The molecule has 2 bridgehead atoms. The standard InChI is InChI=1S/C19H22O6/c20-16(21)12-4-6-13(7-5-12)18-10-8-14-2-1-3-15-9-11-22-17(23-18)19(14,15)25-24-18/h4-7,14-15,17H,1-3,8-11H2,(H,20,21)/t14-,15+,17+,18+,19-/m1/s1. The second-order valence-electron chi connectivity index (χ2n) is 7.63. The zero-order valence-electron chi connectivity index (χ0n) is 14.0. The van der Waals surface area contributed by atoms with Crippen molar-refractivity contribution in [2.75, 3.05) is 6.61 Å². The van der Waals surface area contributed by atoms with Crippen molar-refractivity contribution in [3.8, 4) is 0 Å². The average Bonchev–Trinajstić information content (AvgIpc) is 2.90. The fraction of sp³-hybridized carbons (Fsp3) is 0.632. The van der Waals surface area contributed by atoms with E-state index in [9.17, 15) is 4.79 Å². The van der Waals surface area contributed by atoms with E-state index in [2.05, 4.69) is 0 Å². The smallest absolute Gasteiger partial charge is 0.335 e. The van der Waals surface area contributed by atoms with E-state index in [-0.39, 0.29) is 5.56 Å². The van der Waals surface area contributed by atoms with Crippen molar-refractivity contribution >= 4 is 5.97 Å². The van der Waals surface area contributed by atoms with Gasteiger partial charge in [0.2, 0.25) is 5.79 Å². The zero-order chi connectivity index (χ0) is 17.1. The number of aromatic carboxylic acids is 1. The molecule has 0 aromatic heterocycles. The molecule has 5 aliphatic rings. The Morgan fingerprint density at radius 3 is 2.56 bits per heavy atom. The summed E-state index contributed by atoms with van der Waals surface area (Å²) in [5.74, 6) is -1.18. The van der Waals surface area contributed by atoms with E-state index in [4.69, 9.17) is 24.4 Å². The number of hydrogen-bond donors (Lipinski definition) is 1. The van der Waals surface area contributed by atoms with Gasteiger partial charge in [0.1, 0.15) is 0 Å². The lowest BCUT2D eigenvalue weighted by Gasteiger charge is -2.56. The lowest BCUT2D eigenvalue weighted by Crippen LogP contribution is -2.65. The molecular weight excluding hydrogens is 324 g/mol. The minimum Gasteiger partial charge on any atom is -0.478 e. The lowest BCUT2D eigenvalue weighted by atomic mass is 9.65. The van der Waals surface area contributed by atoms with Gasteiger partial charge in [-0.1, -0.05) is 18.6 Å². The average molecular weight is 346 g/mol. The number of rotatable bonds is 2. The van der Waals surface area contributed by atoms with Crippen LogP contribution in [-0.4, -0.2) is 29.6 Å². The first kappa shape index (κ1) is 15.8. The van der Waals surface area contributed by atoms with Crippen LogP contribution in [0.15, 0.2) is 24.3 Å². The third-order valence-corrected chi connectivity index (χ3v) is 6.50. The Labute approximate surface area is 145 Å². The first-order valence-corrected chi connectivity index (χ1v) is 9.14. The van der Waals surface area contributed by atoms with Gasteiger partial charge in [0.15, 0.2) is 11.9 Å². The topological polar surface area (TPSA) is 74.2 Å². The Bertz CT molecular complexity index is 686. The summed E-state index contributed by atoms with van der Waals surface area (Å²) >= 11 is 0. The van der Waals surface area contributed by atoms with Crippen LogP contribution in [0.5, 0.6) is 0 Å². The van der Waals surface area contributed by atoms with Gasteiger partial charge in [-0.05, 0) is 49.7 Å². The second-order valence-corrected chi connectivity index (χ2v) is 7.63. The molecule has 25 heavy (non-hydrogen) atoms. The molecule has 4 aliphatic heterocycles. The summed E-state index contributed by atoms with van der Waals surface area (Å²) < 4.78 is 12.4. The largest absolute Gasteiger partial charge is 0.478 e. The molecule has 6 heteroatoms. The van der Waals surface area contributed by atoms with Gasteiger partial charge in [-0.25, -0.2) is 9.68 Å². The number of ether oxygens (including phenoxy) is 2. The van der Waals surface area contributed by atoms with E-state index in [1.165, 1.54) is 6.42 Å². The highest BCUT2D eigenvalue weighted by Crippen LogP contribution is 2.59. The summed E-state index contributed by atoms with van der Waals surface area (Å²) in [6.07, 6.45) is 5.65. The van der Waals surface area contributed by atoms with Gasteiger partial charge in [0.25, 0.3) is 0 Å². The number of carbonyl (C=O) groups is 1. The Kier molecular flexibility index (Phi) is 3.47. The molecule has 134 valence electrons. The van der Waals surface area contributed by atoms with Crippen LogP contribution in [0, 0.1) is 11.8 Å².